The molecule has 0 atom stereocenters. The Morgan fingerprint density at radius 1 is 1.05 bits per heavy atom. The van der Waals surface area contributed by atoms with Crippen molar-refractivity contribution < 1.29 is 9.47 Å². The van der Waals surface area contributed by atoms with Crippen molar-refractivity contribution in [1.82, 2.24) is 15.0 Å². The fourth-order valence-corrected chi connectivity index (χ4v) is 2.33. The molecule has 0 spiro atoms. The zero-order valence-corrected chi connectivity index (χ0v) is 12.0. The summed E-state index contributed by atoms with van der Waals surface area (Å²) in [6.45, 7) is 3.22. The molecule has 106 valence electrons. The molecular weight excluding hydrogens is 266 g/mol. The maximum absolute atomic E-state index is 5.83. The van der Waals surface area contributed by atoms with Gasteiger partial charge in [-0.2, -0.15) is 9.97 Å². The molecule has 0 unspecified atom stereocenters. The highest BCUT2D eigenvalue weighted by Gasteiger charge is 2.15. The summed E-state index contributed by atoms with van der Waals surface area (Å²) in [5.74, 6) is 0.601. The number of hydrogen-bond donors (Lipinski definition) is 0. The van der Waals surface area contributed by atoms with Crippen LogP contribution in [0.2, 0.25) is 5.28 Å². The van der Waals surface area contributed by atoms with Crippen LogP contribution in [0.15, 0.2) is 0 Å². The summed E-state index contributed by atoms with van der Waals surface area (Å²) in [7, 11) is 0. The predicted molar refractivity (Wildman–Crippen MR) is 72.7 cm³/mol. The molecule has 1 fully saturated rings. The van der Waals surface area contributed by atoms with Gasteiger partial charge in [0.1, 0.15) is 0 Å². The summed E-state index contributed by atoms with van der Waals surface area (Å²) in [4.78, 5) is 12.0. The average Bonchev–Trinajstić information content (AvgIpc) is 2.43. The SMILES string of the molecule is CCCOc1nc(Cl)nc(OCC2CCCCC2)n1. The van der Waals surface area contributed by atoms with E-state index in [1.165, 1.54) is 32.1 Å². The van der Waals surface area contributed by atoms with Gasteiger partial charge >= 0.3 is 12.0 Å². The second-order valence-corrected chi connectivity index (χ2v) is 5.17. The van der Waals surface area contributed by atoms with Gasteiger partial charge in [-0.25, -0.2) is 0 Å². The minimum absolute atomic E-state index is 0.111. The Morgan fingerprint density at radius 3 is 2.42 bits per heavy atom. The Labute approximate surface area is 118 Å². The van der Waals surface area contributed by atoms with Crippen LogP contribution in [-0.4, -0.2) is 28.2 Å². The zero-order valence-electron chi connectivity index (χ0n) is 11.3. The van der Waals surface area contributed by atoms with Gasteiger partial charge in [0, 0.05) is 0 Å². The molecular formula is C13H20ClN3O2. The topological polar surface area (TPSA) is 57.1 Å². The first kappa shape index (κ1) is 14.3. The molecule has 1 saturated carbocycles. The number of halogens is 1. The van der Waals surface area contributed by atoms with Gasteiger partial charge in [0.05, 0.1) is 13.2 Å². The lowest BCUT2D eigenvalue weighted by atomic mass is 9.90. The van der Waals surface area contributed by atoms with Crippen molar-refractivity contribution >= 4 is 11.6 Å². The van der Waals surface area contributed by atoms with Gasteiger partial charge in [0.25, 0.3) is 0 Å². The summed E-state index contributed by atoms with van der Waals surface area (Å²) < 4.78 is 11.0. The minimum Gasteiger partial charge on any atom is -0.463 e. The number of ether oxygens (including phenoxy) is 2. The van der Waals surface area contributed by atoms with Crippen molar-refractivity contribution in [3.63, 3.8) is 0 Å². The summed E-state index contributed by atoms with van der Waals surface area (Å²) >= 11 is 5.83. The van der Waals surface area contributed by atoms with Crippen molar-refractivity contribution in [2.45, 2.75) is 45.4 Å². The van der Waals surface area contributed by atoms with Gasteiger partial charge in [0.2, 0.25) is 5.28 Å². The van der Waals surface area contributed by atoms with Crippen LogP contribution in [0.5, 0.6) is 12.0 Å². The molecule has 5 nitrogen and oxygen atoms in total. The second kappa shape index (κ2) is 7.48. The summed E-state index contributed by atoms with van der Waals surface area (Å²) in [5.41, 5.74) is 0. The van der Waals surface area contributed by atoms with E-state index in [0.717, 1.165) is 6.42 Å². The molecule has 0 N–H and O–H groups in total. The van der Waals surface area contributed by atoms with E-state index in [-0.39, 0.29) is 17.3 Å². The van der Waals surface area contributed by atoms with E-state index >= 15 is 0 Å². The van der Waals surface area contributed by atoms with E-state index in [9.17, 15) is 0 Å². The molecule has 0 saturated heterocycles. The van der Waals surface area contributed by atoms with Gasteiger partial charge in [-0.05, 0) is 36.8 Å². The smallest absolute Gasteiger partial charge is 0.323 e. The highest BCUT2D eigenvalue weighted by atomic mass is 35.5. The quantitative estimate of drug-likeness (QED) is 0.803. The van der Waals surface area contributed by atoms with Crippen LogP contribution in [-0.2, 0) is 0 Å². The van der Waals surface area contributed by atoms with Crippen LogP contribution in [0, 0.1) is 5.92 Å². The Balaban J connectivity index is 1.89. The first-order valence-corrected chi connectivity index (χ1v) is 7.33. The van der Waals surface area contributed by atoms with Gasteiger partial charge in [-0.3, -0.25) is 0 Å². The normalized spacial score (nSPS) is 16.3. The summed E-state index contributed by atoms with van der Waals surface area (Å²) in [6, 6.07) is 0.497. The van der Waals surface area contributed by atoms with Crippen molar-refractivity contribution in [3.8, 4) is 12.0 Å². The predicted octanol–water partition coefficient (Wildman–Crippen LogP) is 3.27. The van der Waals surface area contributed by atoms with Crippen LogP contribution in [0.1, 0.15) is 45.4 Å². The fourth-order valence-electron chi connectivity index (χ4n) is 2.18. The molecule has 19 heavy (non-hydrogen) atoms. The minimum atomic E-state index is 0.111. The third-order valence-electron chi connectivity index (χ3n) is 3.18. The molecule has 0 aromatic carbocycles. The fraction of sp³-hybridized carbons (Fsp3) is 0.769. The van der Waals surface area contributed by atoms with Crippen molar-refractivity contribution in [2.24, 2.45) is 5.92 Å². The Kier molecular flexibility index (Phi) is 5.63. The molecule has 2 rings (SSSR count). The highest BCUT2D eigenvalue weighted by Crippen LogP contribution is 2.24. The van der Waals surface area contributed by atoms with Crippen LogP contribution < -0.4 is 9.47 Å². The molecule has 0 radical (unpaired) electrons. The monoisotopic (exact) mass is 285 g/mol. The van der Waals surface area contributed by atoms with Crippen LogP contribution in [0.4, 0.5) is 0 Å². The van der Waals surface area contributed by atoms with E-state index in [0.29, 0.717) is 19.1 Å². The maximum Gasteiger partial charge on any atom is 0.323 e. The highest BCUT2D eigenvalue weighted by molar-refractivity contribution is 6.28. The Hall–Kier alpha value is -1.10. The van der Waals surface area contributed by atoms with Gasteiger partial charge < -0.3 is 9.47 Å². The third kappa shape index (κ3) is 4.82. The van der Waals surface area contributed by atoms with Crippen LogP contribution in [0.3, 0.4) is 0 Å². The second-order valence-electron chi connectivity index (χ2n) is 4.83. The average molecular weight is 286 g/mol. The van der Waals surface area contributed by atoms with E-state index in [1.54, 1.807) is 0 Å². The lowest BCUT2D eigenvalue weighted by molar-refractivity contribution is 0.191. The third-order valence-corrected chi connectivity index (χ3v) is 3.34. The first-order chi connectivity index (χ1) is 9.28. The first-order valence-electron chi connectivity index (χ1n) is 6.95. The van der Waals surface area contributed by atoms with Gasteiger partial charge in [-0.1, -0.05) is 26.2 Å². The van der Waals surface area contributed by atoms with Crippen molar-refractivity contribution in [3.05, 3.63) is 5.28 Å². The molecule has 1 heterocycles. The molecule has 1 aliphatic rings. The number of hydrogen-bond acceptors (Lipinski definition) is 5. The molecule has 1 aromatic heterocycles. The number of rotatable bonds is 6. The molecule has 0 bridgehead atoms. The zero-order chi connectivity index (χ0) is 13.5. The molecule has 1 aliphatic carbocycles. The largest absolute Gasteiger partial charge is 0.463 e. The standard InChI is InChI=1S/C13H20ClN3O2/c1-2-8-18-12-15-11(14)16-13(17-12)19-9-10-6-4-3-5-7-10/h10H,2-9H2,1H3. The lowest BCUT2D eigenvalue weighted by Crippen LogP contribution is -2.16. The molecule has 6 heteroatoms. The molecule has 1 aromatic rings. The van der Waals surface area contributed by atoms with Crippen molar-refractivity contribution in [1.29, 1.82) is 0 Å². The Morgan fingerprint density at radius 2 is 1.74 bits per heavy atom. The molecule has 0 aliphatic heterocycles. The Bertz CT molecular complexity index is 397. The summed E-state index contributed by atoms with van der Waals surface area (Å²) in [6.07, 6.45) is 7.24. The lowest BCUT2D eigenvalue weighted by Gasteiger charge is -2.20. The van der Waals surface area contributed by atoms with Crippen LogP contribution >= 0.6 is 11.6 Å². The number of nitrogens with zero attached hydrogens (tertiary/aromatic N) is 3. The maximum atomic E-state index is 5.83. The van der Waals surface area contributed by atoms with Gasteiger partial charge in [-0.15, -0.1) is 4.98 Å². The van der Waals surface area contributed by atoms with E-state index in [2.05, 4.69) is 15.0 Å². The molecule has 0 amide bonds. The number of aromatic nitrogens is 3. The van der Waals surface area contributed by atoms with E-state index in [4.69, 9.17) is 21.1 Å². The van der Waals surface area contributed by atoms with E-state index in [1.807, 2.05) is 6.92 Å². The van der Waals surface area contributed by atoms with E-state index < -0.39 is 0 Å². The van der Waals surface area contributed by atoms with Gasteiger partial charge in [0.15, 0.2) is 0 Å². The summed E-state index contributed by atoms with van der Waals surface area (Å²) in [5, 5.41) is 0.111. The van der Waals surface area contributed by atoms with Crippen molar-refractivity contribution in [2.75, 3.05) is 13.2 Å². The van der Waals surface area contributed by atoms with Crippen LogP contribution in [0.25, 0.3) is 0 Å².